The summed E-state index contributed by atoms with van der Waals surface area (Å²) >= 11 is 0. The van der Waals surface area contributed by atoms with Crippen LogP contribution in [-0.4, -0.2) is 9.13 Å². The average Bonchev–Trinajstić information content (AvgIpc) is 3.81. The molecule has 0 radical (unpaired) electrons. The number of benzene rings is 9. The molecule has 64 heavy (non-hydrogen) atoms. The van der Waals surface area contributed by atoms with Crippen LogP contribution >= 0.6 is 0 Å². The first-order valence-electron chi connectivity index (χ1n) is 23.2. The molecule has 0 aliphatic heterocycles. The van der Waals surface area contributed by atoms with Gasteiger partial charge in [0.15, 0.2) is 0 Å². The summed E-state index contributed by atoms with van der Waals surface area (Å²) in [4.78, 5) is 0. The van der Waals surface area contributed by atoms with E-state index in [4.69, 9.17) is 0 Å². The lowest BCUT2D eigenvalue weighted by Crippen LogP contribution is -2.11. The van der Waals surface area contributed by atoms with E-state index in [2.05, 4.69) is 234 Å². The first kappa shape index (κ1) is 39.9. The molecular formula is C62H56N2. The second-order valence-corrected chi connectivity index (χ2v) is 19.9. The predicted octanol–water partition coefficient (Wildman–Crippen LogP) is 17.5. The lowest BCUT2D eigenvalue weighted by molar-refractivity contribution is 0.590. The summed E-state index contributed by atoms with van der Waals surface area (Å²) in [6.07, 6.45) is 0. The molecule has 0 spiro atoms. The highest BCUT2D eigenvalue weighted by molar-refractivity contribution is 6.22. The summed E-state index contributed by atoms with van der Waals surface area (Å²) in [5.74, 6) is 0. The summed E-state index contributed by atoms with van der Waals surface area (Å²) in [7, 11) is 0. The molecule has 0 aliphatic carbocycles. The van der Waals surface area contributed by atoms with Crippen molar-refractivity contribution in [3.8, 4) is 44.5 Å². The summed E-state index contributed by atoms with van der Waals surface area (Å²) in [5, 5.41) is 10.4. The van der Waals surface area contributed by atoms with E-state index >= 15 is 0 Å². The highest BCUT2D eigenvalue weighted by Gasteiger charge is 2.23. The Balaban J connectivity index is 1.08. The zero-order chi connectivity index (χ0) is 44.1. The highest BCUT2D eigenvalue weighted by Crippen LogP contribution is 2.47. The van der Waals surface area contributed by atoms with Crippen molar-refractivity contribution in [2.24, 2.45) is 0 Å². The summed E-state index contributed by atoms with van der Waals surface area (Å²) in [6, 6.07) is 64.8. The van der Waals surface area contributed by atoms with E-state index in [-0.39, 0.29) is 10.8 Å². The van der Waals surface area contributed by atoms with Gasteiger partial charge in [0.1, 0.15) is 0 Å². The highest BCUT2D eigenvalue weighted by atomic mass is 15.0. The maximum atomic E-state index is 2.48. The second kappa shape index (κ2) is 14.8. The SMILES string of the molecule is CCn1c2ccccc2c2cc(-c3ccc(-c4c5ccc(C(C)(C)C)cc5c(-c5ccc(-c6ccc7c(c6)c6ccccc6n7CC)cc5)c5ccc(C(C)(C)C)cc45)cc3)ccc21. The summed E-state index contributed by atoms with van der Waals surface area (Å²) < 4.78 is 4.85. The molecule has 0 N–H and O–H groups in total. The fourth-order valence-electron chi connectivity index (χ4n) is 10.6. The van der Waals surface area contributed by atoms with Gasteiger partial charge in [-0.1, -0.05) is 163 Å². The number of aryl methyl sites for hydroxylation is 2. The van der Waals surface area contributed by atoms with Gasteiger partial charge in [-0.3, -0.25) is 0 Å². The van der Waals surface area contributed by atoms with Crippen LogP contribution < -0.4 is 0 Å². The van der Waals surface area contributed by atoms with Gasteiger partial charge >= 0.3 is 0 Å². The Labute approximate surface area is 377 Å². The normalized spacial score (nSPS) is 12.5. The van der Waals surface area contributed by atoms with E-state index in [0.717, 1.165) is 13.1 Å². The van der Waals surface area contributed by atoms with Crippen LogP contribution in [0, 0.1) is 0 Å². The van der Waals surface area contributed by atoms with Gasteiger partial charge in [0.05, 0.1) is 0 Å². The molecule has 9 aromatic carbocycles. The van der Waals surface area contributed by atoms with E-state index in [0.29, 0.717) is 0 Å². The van der Waals surface area contributed by atoms with Crippen molar-refractivity contribution in [3.63, 3.8) is 0 Å². The Morgan fingerprint density at radius 1 is 0.297 bits per heavy atom. The number of hydrogen-bond donors (Lipinski definition) is 0. The van der Waals surface area contributed by atoms with E-state index in [1.54, 1.807) is 0 Å². The van der Waals surface area contributed by atoms with Gasteiger partial charge in [0.2, 0.25) is 0 Å². The van der Waals surface area contributed by atoms with Gasteiger partial charge < -0.3 is 9.13 Å². The molecule has 11 rings (SSSR count). The van der Waals surface area contributed by atoms with Crippen molar-refractivity contribution in [3.05, 3.63) is 181 Å². The Morgan fingerprint density at radius 3 is 1.02 bits per heavy atom. The van der Waals surface area contributed by atoms with Gasteiger partial charge in [0.25, 0.3) is 0 Å². The third kappa shape index (κ3) is 6.37. The maximum absolute atomic E-state index is 2.48. The number of aromatic nitrogens is 2. The van der Waals surface area contributed by atoms with Crippen molar-refractivity contribution in [1.82, 2.24) is 9.13 Å². The van der Waals surface area contributed by atoms with Crippen LogP contribution in [0.25, 0.3) is 110 Å². The number of hydrogen-bond acceptors (Lipinski definition) is 0. The lowest BCUT2D eigenvalue weighted by Gasteiger charge is -2.25. The second-order valence-electron chi connectivity index (χ2n) is 19.9. The van der Waals surface area contributed by atoms with Crippen LogP contribution in [0.2, 0.25) is 0 Å². The molecule has 0 fully saturated rings. The number of fused-ring (bicyclic) bond motifs is 8. The van der Waals surface area contributed by atoms with E-state index < -0.39 is 0 Å². The van der Waals surface area contributed by atoms with Crippen molar-refractivity contribution in [1.29, 1.82) is 0 Å². The first-order valence-corrected chi connectivity index (χ1v) is 23.2. The Hall–Kier alpha value is -6.90. The Morgan fingerprint density at radius 2 is 0.641 bits per heavy atom. The van der Waals surface area contributed by atoms with Gasteiger partial charge in [0, 0.05) is 56.7 Å². The molecule has 11 aromatic rings. The van der Waals surface area contributed by atoms with Crippen molar-refractivity contribution >= 4 is 65.2 Å². The molecule has 2 heteroatoms. The lowest BCUT2D eigenvalue weighted by atomic mass is 9.79. The molecule has 2 nitrogen and oxygen atoms in total. The van der Waals surface area contributed by atoms with Gasteiger partial charge in [-0.05, 0) is 150 Å². The monoisotopic (exact) mass is 828 g/mol. The molecule has 2 heterocycles. The predicted molar refractivity (Wildman–Crippen MR) is 278 cm³/mol. The van der Waals surface area contributed by atoms with Crippen LogP contribution in [0.3, 0.4) is 0 Å². The Bertz CT molecular complexity index is 3370. The molecule has 0 saturated carbocycles. The molecule has 0 saturated heterocycles. The standard InChI is InChI=1S/C62H56N2/c1-9-63-55-17-13-11-15-47(55)51-35-43(27-33-57(51)63)39-19-23-41(24-20-39)59-49-31-29-46(62(6,7)8)38-54(49)60(50-32-30-45(37-53(50)59)61(3,4)5)42-25-21-40(22-26-42)44-28-34-58-52(36-44)48-16-12-14-18-56(48)64(58)10-2/h11-38H,9-10H2,1-8H3. The quantitative estimate of drug-likeness (QED) is 0.148. The van der Waals surface area contributed by atoms with Gasteiger partial charge in [-0.25, -0.2) is 0 Å². The molecule has 314 valence electrons. The molecule has 0 unspecified atom stereocenters. The largest absolute Gasteiger partial charge is 0.341 e. The van der Waals surface area contributed by atoms with Crippen molar-refractivity contribution < 1.29 is 0 Å². The topological polar surface area (TPSA) is 9.86 Å². The maximum Gasteiger partial charge on any atom is 0.0491 e. The zero-order valence-corrected chi connectivity index (χ0v) is 38.5. The molecular weight excluding hydrogens is 773 g/mol. The first-order chi connectivity index (χ1) is 30.9. The van der Waals surface area contributed by atoms with Gasteiger partial charge in [-0.2, -0.15) is 0 Å². The summed E-state index contributed by atoms with van der Waals surface area (Å²) in [6.45, 7) is 20.3. The van der Waals surface area contributed by atoms with Crippen LogP contribution in [0.15, 0.2) is 170 Å². The zero-order valence-electron chi connectivity index (χ0n) is 38.5. The fourth-order valence-corrected chi connectivity index (χ4v) is 10.6. The number of para-hydroxylation sites is 2. The average molecular weight is 829 g/mol. The van der Waals surface area contributed by atoms with E-state index in [1.165, 1.54) is 121 Å². The third-order valence-corrected chi connectivity index (χ3v) is 14.0. The molecule has 2 aromatic heterocycles. The molecule has 0 atom stereocenters. The molecule has 0 bridgehead atoms. The van der Waals surface area contributed by atoms with Crippen molar-refractivity contribution in [2.75, 3.05) is 0 Å². The minimum atomic E-state index is -0.00768. The van der Waals surface area contributed by atoms with Crippen LogP contribution in [0.5, 0.6) is 0 Å². The minimum Gasteiger partial charge on any atom is -0.341 e. The van der Waals surface area contributed by atoms with Crippen LogP contribution in [0.4, 0.5) is 0 Å². The van der Waals surface area contributed by atoms with Crippen molar-refractivity contribution in [2.45, 2.75) is 79.3 Å². The van der Waals surface area contributed by atoms with Crippen LogP contribution in [-0.2, 0) is 23.9 Å². The van der Waals surface area contributed by atoms with E-state index in [1.807, 2.05) is 0 Å². The molecule has 0 amide bonds. The number of nitrogens with zero attached hydrogens (tertiary/aromatic N) is 2. The number of rotatable bonds is 6. The fraction of sp³-hybridized carbons (Fsp3) is 0.194. The summed E-state index contributed by atoms with van der Waals surface area (Å²) in [5.41, 5.74) is 17.8. The minimum absolute atomic E-state index is 0.00768. The van der Waals surface area contributed by atoms with Gasteiger partial charge in [-0.15, -0.1) is 0 Å². The van der Waals surface area contributed by atoms with E-state index in [9.17, 15) is 0 Å². The third-order valence-electron chi connectivity index (χ3n) is 14.0. The smallest absolute Gasteiger partial charge is 0.0491 e. The van der Waals surface area contributed by atoms with Crippen LogP contribution in [0.1, 0.15) is 66.5 Å². The Kier molecular flexibility index (Phi) is 9.26. The molecule has 0 aliphatic rings.